The van der Waals surface area contributed by atoms with E-state index < -0.39 is 0 Å². The molecule has 5 heteroatoms. The molecule has 0 fully saturated rings. The molecule has 0 spiro atoms. The molecule has 1 aromatic rings. The first-order valence-corrected chi connectivity index (χ1v) is 5.36. The lowest BCUT2D eigenvalue weighted by atomic mass is 10.3. The van der Waals surface area contributed by atoms with Crippen molar-refractivity contribution in [3.05, 3.63) is 22.6 Å². The lowest BCUT2D eigenvalue weighted by molar-refractivity contribution is 0.826. The maximum atomic E-state index is 10.9. The van der Waals surface area contributed by atoms with Gasteiger partial charge < -0.3 is 4.98 Å². The van der Waals surface area contributed by atoms with Crippen LogP contribution in [0.4, 0.5) is 0 Å². The first-order chi connectivity index (χ1) is 6.83. The lowest BCUT2D eigenvalue weighted by Crippen LogP contribution is -2.05. The van der Waals surface area contributed by atoms with E-state index in [1.165, 1.54) is 24.0 Å². The third kappa shape index (κ3) is 4.10. The fourth-order valence-corrected chi connectivity index (χ4v) is 1.75. The molecular weight excluding hydrogens is 198 g/mol. The van der Waals surface area contributed by atoms with Crippen LogP contribution in [0.2, 0.25) is 0 Å². The monoisotopic (exact) mass is 209 g/mol. The Bertz CT molecular complexity index is 369. The van der Waals surface area contributed by atoms with E-state index >= 15 is 0 Å². The summed E-state index contributed by atoms with van der Waals surface area (Å²) >= 11 is 1.51. The minimum atomic E-state index is -0.125. The molecule has 0 aliphatic rings. The topological polar surface area (TPSA) is 69.5 Å². The molecule has 0 unspecified atom stereocenters. The summed E-state index contributed by atoms with van der Waals surface area (Å²) in [6.45, 7) is 0. The second kappa shape index (κ2) is 6.22. The van der Waals surface area contributed by atoms with Crippen LogP contribution in [0, 0.1) is 11.3 Å². The van der Waals surface area contributed by atoms with Crippen molar-refractivity contribution < 1.29 is 0 Å². The van der Waals surface area contributed by atoms with Gasteiger partial charge in [-0.2, -0.15) is 5.26 Å². The number of hydrogen-bond acceptors (Lipinski definition) is 4. The molecule has 0 amide bonds. The van der Waals surface area contributed by atoms with E-state index in [9.17, 15) is 4.79 Å². The van der Waals surface area contributed by atoms with Crippen LogP contribution in [0.5, 0.6) is 0 Å². The van der Waals surface area contributed by atoms with Gasteiger partial charge in [0.1, 0.15) is 0 Å². The number of thioether (sulfide) groups is 1. The molecule has 1 heterocycles. The van der Waals surface area contributed by atoms with Crippen molar-refractivity contribution in [3.8, 4) is 6.07 Å². The molecule has 0 aliphatic heterocycles. The van der Waals surface area contributed by atoms with Gasteiger partial charge in [0.2, 0.25) is 0 Å². The molecule has 0 atom stereocenters. The number of H-pyrrole nitrogens is 1. The molecule has 0 aliphatic carbocycles. The van der Waals surface area contributed by atoms with E-state index in [2.05, 4.69) is 16.0 Å². The SMILES string of the molecule is N#CCCCCSc1nccc(=O)[nH]1. The van der Waals surface area contributed by atoms with Crippen LogP contribution in [0.1, 0.15) is 19.3 Å². The molecule has 1 rings (SSSR count). The maximum absolute atomic E-state index is 10.9. The Labute approximate surface area is 86.4 Å². The molecule has 1 N–H and O–H groups in total. The van der Waals surface area contributed by atoms with Gasteiger partial charge in [-0.15, -0.1) is 0 Å². The number of nitrogens with zero attached hydrogens (tertiary/aromatic N) is 2. The summed E-state index contributed by atoms with van der Waals surface area (Å²) in [6, 6.07) is 3.48. The van der Waals surface area contributed by atoms with E-state index in [4.69, 9.17) is 5.26 Å². The summed E-state index contributed by atoms with van der Waals surface area (Å²) in [7, 11) is 0. The van der Waals surface area contributed by atoms with Gasteiger partial charge in [-0.3, -0.25) is 4.79 Å². The minimum Gasteiger partial charge on any atom is -0.301 e. The quantitative estimate of drug-likeness (QED) is 0.454. The van der Waals surface area contributed by atoms with Crippen LogP contribution in [-0.2, 0) is 0 Å². The average molecular weight is 209 g/mol. The smallest absolute Gasteiger partial charge is 0.251 e. The summed E-state index contributed by atoms with van der Waals surface area (Å²) < 4.78 is 0. The number of aromatic nitrogens is 2. The van der Waals surface area contributed by atoms with E-state index in [1.54, 1.807) is 0 Å². The number of unbranched alkanes of at least 4 members (excludes halogenated alkanes) is 2. The molecule has 14 heavy (non-hydrogen) atoms. The Morgan fingerprint density at radius 1 is 1.57 bits per heavy atom. The van der Waals surface area contributed by atoms with Gasteiger partial charge in [-0.05, 0) is 12.8 Å². The van der Waals surface area contributed by atoms with Gasteiger partial charge >= 0.3 is 0 Å². The van der Waals surface area contributed by atoms with Crippen LogP contribution in [0.3, 0.4) is 0 Å². The van der Waals surface area contributed by atoms with Crippen LogP contribution in [0.15, 0.2) is 22.2 Å². The minimum absolute atomic E-state index is 0.125. The summed E-state index contributed by atoms with van der Waals surface area (Å²) in [4.78, 5) is 17.5. The van der Waals surface area contributed by atoms with Gasteiger partial charge in [-0.1, -0.05) is 11.8 Å². The second-order valence-electron chi connectivity index (χ2n) is 2.70. The first kappa shape index (κ1) is 10.8. The molecular formula is C9H11N3OS. The van der Waals surface area contributed by atoms with E-state index in [0.29, 0.717) is 11.6 Å². The summed E-state index contributed by atoms with van der Waals surface area (Å²) in [5.41, 5.74) is -0.125. The Morgan fingerprint density at radius 2 is 2.43 bits per heavy atom. The van der Waals surface area contributed by atoms with Gasteiger partial charge in [0.15, 0.2) is 5.16 Å². The number of rotatable bonds is 5. The zero-order valence-corrected chi connectivity index (χ0v) is 8.51. The van der Waals surface area contributed by atoms with Crippen LogP contribution >= 0.6 is 11.8 Å². The van der Waals surface area contributed by atoms with Crippen molar-refractivity contribution in [1.29, 1.82) is 5.26 Å². The standard InChI is InChI=1S/C9H11N3OS/c10-5-2-1-3-7-14-9-11-6-4-8(13)12-9/h4,6H,1-3,7H2,(H,11,12,13). The van der Waals surface area contributed by atoms with Gasteiger partial charge in [0, 0.05) is 24.4 Å². The van der Waals surface area contributed by atoms with Gasteiger partial charge in [0.25, 0.3) is 5.56 Å². The third-order valence-electron chi connectivity index (χ3n) is 1.57. The van der Waals surface area contributed by atoms with Crippen molar-refractivity contribution >= 4 is 11.8 Å². The second-order valence-corrected chi connectivity index (χ2v) is 3.79. The highest BCUT2D eigenvalue weighted by Gasteiger charge is 1.95. The summed E-state index contributed by atoms with van der Waals surface area (Å²) in [6.07, 6.45) is 3.97. The highest BCUT2D eigenvalue weighted by Crippen LogP contribution is 2.12. The Balaban J connectivity index is 2.25. The largest absolute Gasteiger partial charge is 0.301 e. The maximum Gasteiger partial charge on any atom is 0.251 e. The third-order valence-corrected chi connectivity index (χ3v) is 2.54. The number of nitrogens with one attached hydrogen (secondary N) is 1. The van der Waals surface area contributed by atoms with Crippen LogP contribution in [0.25, 0.3) is 0 Å². The van der Waals surface area contributed by atoms with Crippen molar-refractivity contribution in [2.24, 2.45) is 0 Å². The van der Waals surface area contributed by atoms with E-state index in [-0.39, 0.29) is 5.56 Å². The molecule has 0 radical (unpaired) electrons. The van der Waals surface area contributed by atoms with Crippen molar-refractivity contribution in [2.45, 2.75) is 24.4 Å². The van der Waals surface area contributed by atoms with E-state index in [0.717, 1.165) is 18.6 Å². The normalized spacial score (nSPS) is 9.64. The van der Waals surface area contributed by atoms with E-state index in [1.807, 2.05) is 0 Å². The highest BCUT2D eigenvalue weighted by molar-refractivity contribution is 7.99. The first-order valence-electron chi connectivity index (χ1n) is 4.38. The number of aromatic amines is 1. The fourth-order valence-electron chi connectivity index (χ4n) is 0.900. The predicted molar refractivity (Wildman–Crippen MR) is 55.0 cm³/mol. The average Bonchev–Trinajstić information content (AvgIpc) is 2.18. The zero-order chi connectivity index (χ0) is 10.2. The molecule has 1 aromatic heterocycles. The van der Waals surface area contributed by atoms with Crippen molar-refractivity contribution in [3.63, 3.8) is 0 Å². The number of nitriles is 1. The predicted octanol–water partition coefficient (Wildman–Crippen LogP) is 1.56. The van der Waals surface area contributed by atoms with Crippen LogP contribution < -0.4 is 5.56 Å². The van der Waals surface area contributed by atoms with Gasteiger partial charge in [0.05, 0.1) is 6.07 Å². The Hall–Kier alpha value is -1.28. The molecule has 0 bridgehead atoms. The summed E-state index contributed by atoms with van der Waals surface area (Å²) in [5.74, 6) is 0.884. The molecule has 0 aromatic carbocycles. The highest BCUT2D eigenvalue weighted by atomic mass is 32.2. The number of hydrogen-bond donors (Lipinski definition) is 1. The Kier molecular flexibility index (Phi) is 4.79. The molecule has 0 saturated heterocycles. The van der Waals surface area contributed by atoms with Gasteiger partial charge in [-0.25, -0.2) is 4.98 Å². The van der Waals surface area contributed by atoms with Crippen molar-refractivity contribution in [2.75, 3.05) is 5.75 Å². The molecule has 74 valence electrons. The zero-order valence-electron chi connectivity index (χ0n) is 7.69. The molecule has 4 nitrogen and oxygen atoms in total. The molecule has 0 saturated carbocycles. The lowest BCUT2D eigenvalue weighted by Gasteiger charge is -1.97. The van der Waals surface area contributed by atoms with Crippen LogP contribution in [-0.4, -0.2) is 15.7 Å². The fraction of sp³-hybridized carbons (Fsp3) is 0.444. The Morgan fingerprint density at radius 3 is 3.14 bits per heavy atom. The van der Waals surface area contributed by atoms with Crippen molar-refractivity contribution in [1.82, 2.24) is 9.97 Å². The summed E-state index contributed by atoms with van der Waals surface area (Å²) in [5, 5.41) is 8.95.